The van der Waals surface area contributed by atoms with Gasteiger partial charge in [-0.1, -0.05) is 43.4 Å². The number of para-hydroxylation sites is 2. The molecule has 1 aromatic heterocycles. The van der Waals surface area contributed by atoms with Gasteiger partial charge < -0.3 is 9.64 Å². The van der Waals surface area contributed by atoms with Crippen LogP contribution in [0, 0.1) is 10.1 Å². The van der Waals surface area contributed by atoms with E-state index in [-0.39, 0.29) is 11.3 Å². The number of thiazole rings is 1. The number of hydrogen-bond acceptors (Lipinski definition) is 7. The number of nitrogens with zero attached hydrogens (tertiary/aromatic N) is 4. The van der Waals surface area contributed by atoms with Crippen LogP contribution < -0.4 is 9.64 Å². The van der Waals surface area contributed by atoms with E-state index in [1.807, 2.05) is 18.2 Å². The van der Waals surface area contributed by atoms with Crippen LogP contribution in [0.4, 0.5) is 10.8 Å². The summed E-state index contributed by atoms with van der Waals surface area (Å²) >= 11 is 1.36. The van der Waals surface area contributed by atoms with E-state index < -0.39 is 10.8 Å². The Morgan fingerprint density at radius 3 is 2.53 bits per heavy atom. The Morgan fingerprint density at radius 2 is 1.87 bits per heavy atom. The minimum atomic E-state index is -0.531. The maximum Gasteiger partial charge on any atom is 0.282 e. The van der Waals surface area contributed by atoms with Crippen molar-refractivity contribution in [3.8, 4) is 5.75 Å². The number of aromatic nitrogens is 1. The van der Waals surface area contributed by atoms with E-state index >= 15 is 0 Å². The Balaban J connectivity index is 2.05. The van der Waals surface area contributed by atoms with Crippen molar-refractivity contribution in [2.24, 2.45) is 0 Å². The summed E-state index contributed by atoms with van der Waals surface area (Å²) in [4.78, 5) is 32.7. The van der Waals surface area contributed by atoms with E-state index in [0.717, 1.165) is 17.8 Å². The summed E-state index contributed by atoms with van der Waals surface area (Å²) in [5.74, 6) is 0.185. The number of ether oxygens (including phenoxy) is 1. The molecule has 1 amide bonds. The molecule has 0 fully saturated rings. The summed E-state index contributed by atoms with van der Waals surface area (Å²) in [6.07, 6.45) is 0. The first-order valence-corrected chi connectivity index (χ1v) is 10.5. The number of hydrogen-bond donors (Lipinski definition) is 0. The lowest BCUT2D eigenvalue weighted by Crippen LogP contribution is -2.39. The van der Waals surface area contributed by atoms with Crippen molar-refractivity contribution in [3.63, 3.8) is 0 Å². The fraction of sp³-hybridized carbons (Fsp3) is 0.333. The Morgan fingerprint density at radius 1 is 1.13 bits per heavy atom. The quantitative estimate of drug-likeness (QED) is 0.375. The van der Waals surface area contributed by atoms with E-state index in [2.05, 4.69) is 23.7 Å². The topological polar surface area (TPSA) is 88.8 Å². The smallest absolute Gasteiger partial charge is 0.282 e. The molecule has 9 heteroatoms. The fourth-order valence-electron chi connectivity index (χ4n) is 3.22. The van der Waals surface area contributed by atoms with Gasteiger partial charge in [0, 0.05) is 19.2 Å². The molecule has 0 bridgehead atoms. The number of likely N-dealkylation sites (N-methyl/N-ethyl adjacent to an activating group) is 1. The summed E-state index contributed by atoms with van der Waals surface area (Å²) in [7, 11) is 1.57. The third kappa shape index (κ3) is 4.42. The molecule has 2 aromatic carbocycles. The van der Waals surface area contributed by atoms with Crippen molar-refractivity contribution in [1.82, 2.24) is 9.88 Å². The maximum absolute atomic E-state index is 13.4. The average molecular weight is 429 g/mol. The molecule has 0 spiro atoms. The molecule has 0 unspecified atom stereocenters. The van der Waals surface area contributed by atoms with Gasteiger partial charge in [-0.3, -0.25) is 19.8 Å². The molecule has 158 valence electrons. The molecule has 3 aromatic rings. The number of anilines is 1. The number of nitro groups is 1. The minimum Gasteiger partial charge on any atom is -0.494 e. The number of benzene rings is 2. The zero-order valence-corrected chi connectivity index (χ0v) is 18.0. The Kier molecular flexibility index (Phi) is 6.96. The molecule has 0 N–H and O–H groups in total. The summed E-state index contributed by atoms with van der Waals surface area (Å²) in [6, 6.07) is 11.6. The normalized spacial score (nSPS) is 11.1. The molecule has 0 atom stereocenters. The molecule has 0 saturated carbocycles. The van der Waals surface area contributed by atoms with Gasteiger partial charge in [0.15, 0.2) is 5.13 Å². The highest BCUT2D eigenvalue weighted by Gasteiger charge is 2.28. The number of methoxy groups -OCH3 is 1. The first kappa shape index (κ1) is 21.7. The Labute approximate surface area is 178 Å². The molecule has 8 nitrogen and oxygen atoms in total. The number of nitro benzene ring substituents is 1. The van der Waals surface area contributed by atoms with E-state index in [0.29, 0.717) is 29.5 Å². The van der Waals surface area contributed by atoms with Crippen molar-refractivity contribution in [2.75, 3.05) is 38.2 Å². The van der Waals surface area contributed by atoms with Crippen LogP contribution in [0.3, 0.4) is 0 Å². The number of amides is 1. The van der Waals surface area contributed by atoms with Gasteiger partial charge in [-0.2, -0.15) is 0 Å². The molecule has 0 saturated heterocycles. The highest BCUT2D eigenvalue weighted by atomic mass is 32.1. The third-order valence-electron chi connectivity index (χ3n) is 4.93. The molecular formula is C21H24N4O4S. The van der Waals surface area contributed by atoms with Crippen LogP contribution >= 0.6 is 11.3 Å². The summed E-state index contributed by atoms with van der Waals surface area (Å²) in [5.41, 5.74) is 0.505. The van der Waals surface area contributed by atoms with Crippen molar-refractivity contribution in [3.05, 3.63) is 58.1 Å². The number of carbonyl (C=O) groups excluding carboxylic acids is 1. The van der Waals surface area contributed by atoms with E-state index in [9.17, 15) is 14.9 Å². The van der Waals surface area contributed by atoms with Crippen LogP contribution in [0.15, 0.2) is 42.5 Å². The van der Waals surface area contributed by atoms with Gasteiger partial charge in [0.05, 0.1) is 16.7 Å². The van der Waals surface area contributed by atoms with Crippen LogP contribution in [0.5, 0.6) is 5.75 Å². The van der Waals surface area contributed by atoms with Crippen molar-refractivity contribution < 1.29 is 14.5 Å². The first-order chi connectivity index (χ1) is 14.5. The second-order valence-corrected chi connectivity index (χ2v) is 7.57. The van der Waals surface area contributed by atoms with Crippen LogP contribution in [0.25, 0.3) is 10.2 Å². The van der Waals surface area contributed by atoms with Crippen molar-refractivity contribution >= 4 is 38.3 Å². The molecule has 0 aliphatic rings. The van der Waals surface area contributed by atoms with Gasteiger partial charge in [-0.15, -0.1) is 0 Å². The number of rotatable bonds is 9. The molecule has 3 rings (SSSR count). The van der Waals surface area contributed by atoms with Crippen LogP contribution in [-0.4, -0.2) is 54.0 Å². The second-order valence-electron chi connectivity index (χ2n) is 6.56. The molecule has 0 aliphatic heterocycles. The monoisotopic (exact) mass is 428 g/mol. The summed E-state index contributed by atoms with van der Waals surface area (Å²) < 4.78 is 6.27. The largest absolute Gasteiger partial charge is 0.494 e. The second kappa shape index (κ2) is 9.64. The SMILES string of the molecule is CCN(CC)CCN(C(=O)c1ccccc1[N+](=O)[O-])c1nc2c(OC)cccc2s1. The van der Waals surface area contributed by atoms with Crippen molar-refractivity contribution in [2.45, 2.75) is 13.8 Å². The lowest BCUT2D eigenvalue weighted by molar-refractivity contribution is -0.385. The van der Waals surface area contributed by atoms with E-state index in [1.165, 1.54) is 28.4 Å². The van der Waals surface area contributed by atoms with Crippen molar-refractivity contribution in [1.29, 1.82) is 0 Å². The number of carbonyl (C=O) groups is 1. The average Bonchev–Trinajstić information content (AvgIpc) is 3.20. The highest BCUT2D eigenvalue weighted by molar-refractivity contribution is 7.22. The zero-order chi connectivity index (χ0) is 21.7. The summed E-state index contributed by atoms with van der Waals surface area (Å²) in [5, 5.41) is 12.0. The predicted octanol–water partition coefficient (Wildman–Crippen LogP) is 4.20. The number of fused-ring (bicyclic) bond motifs is 1. The molecular weight excluding hydrogens is 404 g/mol. The summed E-state index contributed by atoms with van der Waals surface area (Å²) in [6.45, 7) is 6.80. The lowest BCUT2D eigenvalue weighted by atomic mass is 10.1. The van der Waals surface area contributed by atoms with Gasteiger partial charge in [0.1, 0.15) is 16.8 Å². The molecule has 1 heterocycles. The van der Waals surface area contributed by atoms with E-state index in [1.54, 1.807) is 19.2 Å². The van der Waals surface area contributed by atoms with Gasteiger partial charge >= 0.3 is 0 Å². The Hall–Kier alpha value is -3.04. The zero-order valence-electron chi connectivity index (χ0n) is 17.2. The van der Waals surface area contributed by atoms with Gasteiger partial charge in [-0.05, 0) is 31.3 Å². The fourth-order valence-corrected chi connectivity index (χ4v) is 4.22. The predicted molar refractivity (Wildman–Crippen MR) is 119 cm³/mol. The van der Waals surface area contributed by atoms with Gasteiger partial charge in [0.2, 0.25) is 0 Å². The minimum absolute atomic E-state index is 0.0493. The molecule has 0 aliphatic carbocycles. The third-order valence-corrected chi connectivity index (χ3v) is 5.98. The lowest BCUT2D eigenvalue weighted by Gasteiger charge is -2.24. The van der Waals surface area contributed by atoms with Gasteiger partial charge in [0.25, 0.3) is 11.6 Å². The van der Waals surface area contributed by atoms with Crippen LogP contribution in [0.1, 0.15) is 24.2 Å². The first-order valence-electron chi connectivity index (χ1n) is 9.71. The molecule has 30 heavy (non-hydrogen) atoms. The van der Waals surface area contributed by atoms with E-state index in [4.69, 9.17) is 4.74 Å². The Bertz CT molecular complexity index is 1050. The maximum atomic E-state index is 13.4. The van der Waals surface area contributed by atoms with Crippen LogP contribution in [-0.2, 0) is 0 Å². The molecule has 0 radical (unpaired) electrons. The standard InChI is InChI=1S/C21H24N4O4S/c1-4-23(5-2)13-14-24(20(26)15-9-6-7-10-16(15)25(27)28)21-22-19-17(29-3)11-8-12-18(19)30-21/h6-12H,4-5,13-14H2,1-3H3. The highest BCUT2D eigenvalue weighted by Crippen LogP contribution is 2.35. The van der Waals surface area contributed by atoms with Crippen LogP contribution in [0.2, 0.25) is 0 Å². The van der Waals surface area contributed by atoms with Gasteiger partial charge in [-0.25, -0.2) is 4.98 Å².